The van der Waals surface area contributed by atoms with Gasteiger partial charge in [0.05, 0.1) is 12.2 Å². The van der Waals surface area contributed by atoms with E-state index in [1.165, 1.54) is 31.4 Å². The minimum atomic E-state index is 0. The Hall–Kier alpha value is -0.410. The summed E-state index contributed by atoms with van der Waals surface area (Å²) in [6.07, 6.45) is 5.48. The highest BCUT2D eigenvalue weighted by molar-refractivity contribution is 14.0. The van der Waals surface area contributed by atoms with Gasteiger partial charge >= 0.3 is 0 Å². The molecule has 1 aliphatic carbocycles. The molecule has 1 fully saturated rings. The number of thiazole rings is 1. The zero-order valence-corrected chi connectivity index (χ0v) is 19.2. The van der Waals surface area contributed by atoms with Crippen LogP contribution < -0.4 is 10.6 Å². The molecule has 1 aliphatic rings. The fourth-order valence-electron chi connectivity index (χ4n) is 3.03. The first-order valence-electron chi connectivity index (χ1n) is 9.26. The fourth-order valence-corrected chi connectivity index (χ4v) is 3.91. The smallest absolute Gasteiger partial charge is 0.191 e. The minimum Gasteiger partial charge on any atom is -0.357 e. The number of nitrogens with zero attached hydrogens (tertiary/aromatic N) is 3. The molecule has 7 heteroatoms. The molecule has 0 bridgehead atoms. The second kappa shape index (κ2) is 12.1. The number of likely N-dealkylation sites (N-methyl/N-ethyl adjacent to an activating group) is 1. The monoisotopic (exact) mass is 479 g/mol. The first-order chi connectivity index (χ1) is 11.6. The summed E-state index contributed by atoms with van der Waals surface area (Å²) < 4.78 is 0. The first kappa shape index (κ1) is 22.6. The number of hydrogen-bond acceptors (Lipinski definition) is 4. The molecule has 0 spiro atoms. The molecule has 0 unspecified atom stereocenters. The summed E-state index contributed by atoms with van der Waals surface area (Å²) in [5, 5.41) is 10.00. The minimum absolute atomic E-state index is 0. The van der Waals surface area contributed by atoms with E-state index < -0.39 is 0 Å². The van der Waals surface area contributed by atoms with Gasteiger partial charge in [-0.3, -0.25) is 0 Å². The Bertz CT molecular complexity index is 511. The van der Waals surface area contributed by atoms with Crippen molar-refractivity contribution >= 4 is 41.3 Å². The van der Waals surface area contributed by atoms with Crippen molar-refractivity contribution in [1.29, 1.82) is 0 Å². The molecule has 1 aromatic heterocycles. The quantitative estimate of drug-likeness (QED) is 0.338. The summed E-state index contributed by atoms with van der Waals surface area (Å²) in [6, 6.07) is 0.774. The van der Waals surface area contributed by atoms with Gasteiger partial charge in [0.25, 0.3) is 0 Å². The molecule has 0 saturated heterocycles. The molecular weight excluding hydrogens is 445 g/mol. The summed E-state index contributed by atoms with van der Waals surface area (Å²) in [5.74, 6) is 1.37. The van der Waals surface area contributed by atoms with Gasteiger partial charge in [0, 0.05) is 31.1 Å². The standard InChI is InChI=1S/C18H33N5S.HI/c1-5-19-18(20-10-11-23(4)15-8-6-7-9-15)21-12-17-22-16(13-24-17)14(2)3;/h13-15H,5-12H2,1-4H3,(H2,19,20,21);1H. The Balaban J connectivity index is 0.00000312. The third-order valence-corrected chi connectivity index (χ3v) is 5.43. The third-order valence-electron chi connectivity index (χ3n) is 4.58. The summed E-state index contributed by atoms with van der Waals surface area (Å²) in [7, 11) is 2.24. The predicted molar refractivity (Wildman–Crippen MR) is 119 cm³/mol. The molecule has 0 aliphatic heterocycles. The van der Waals surface area contributed by atoms with Gasteiger partial charge in [-0.15, -0.1) is 35.3 Å². The highest BCUT2D eigenvalue weighted by atomic mass is 127. The van der Waals surface area contributed by atoms with E-state index in [4.69, 9.17) is 0 Å². The number of nitrogens with one attached hydrogen (secondary N) is 2. The van der Waals surface area contributed by atoms with Crippen molar-refractivity contribution in [2.75, 3.05) is 26.7 Å². The van der Waals surface area contributed by atoms with Crippen molar-refractivity contribution in [3.05, 3.63) is 16.1 Å². The molecule has 5 nitrogen and oxygen atoms in total. The molecule has 1 aromatic rings. The van der Waals surface area contributed by atoms with Gasteiger partial charge in [0.1, 0.15) is 5.01 Å². The number of aliphatic imine (C=N–C) groups is 1. The van der Waals surface area contributed by atoms with E-state index in [2.05, 4.69) is 58.7 Å². The zero-order chi connectivity index (χ0) is 17.4. The van der Waals surface area contributed by atoms with Crippen molar-refractivity contribution in [1.82, 2.24) is 20.5 Å². The second-order valence-electron chi connectivity index (χ2n) is 6.86. The molecule has 0 radical (unpaired) electrons. The molecule has 2 N–H and O–H groups in total. The second-order valence-corrected chi connectivity index (χ2v) is 7.80. The van der Waals surface area contributed by atoms with Gasteiger partial charge in [-0.25, -0.2) is 9.98 Å². The first-order valence-corrected chi connectivity index (χ1v) is 10.1. The maximum atomic E-state index is 4.67. The molecule has 2 rings (SSSR count). The summed E-state index contributed by atoms with van der Waals surface area (Å²) >= 11 is 1.70. The average molecular weight is 479 g/mol. The molecule has 0 amide bonds. The SMILES string of the molecule is CCNC(=NCc1nc(C(C)C)cs1)NCCN(C)C1CCCC1.I. The largest absolute Gasteiger partial charge is 0.357 e. The lowest BCUT2D eigenvalue weighted by atomic mass is 10.2. The molecule has 0 aromatic carbocycles. The van der Waals surface area contributed by atoms with E-state index in [1.807, 2.05) is 0 Å². The maximum absolute atomic E-state index is 4.67. The van der Waals surface area contributed by atoms with Crippen LogP contribution in [0, 0.1) is 0 Å². The number of rotatable bonds is 8. The van der Waals surface area contributed by atoms with E-state index in [0.29, 0.717) is 12.5 Å². The van der Waals surface area contributed by atoms with Crippen molar-refractivity contribution in [3.8, 4) is 0 Å². The van der Waals surface area contributed by atoms with Crippen molar-refractivity contribution in [2.45, 2.75) is 65.0 Å². The Labute approximate surface area is 174 Å². The summed E-state index contributed by atoms with van der Waals surface area (Å²) in [4.78, 5) is 11.8. The van der Waals surface area contributed by atoms with Crippen LogP contribution >= 0.6 is 35.3 Å². The van der Waals surface area contributed by atoms with Crippen LogP contribution in [0.3, 0.4) is 0 Å². The third kappa shape index (κ3) is 7.78. The summed E-state index contributed by atoms with van der Waals surface area (Å²) in [6.45, 7) is 9.95. The Kier molecular flexibility index (Phi) is 10.9. The van der Waals surface area contributed by atoms with Crippen molar-refractivity contribution in [2.24, 2.45) is 4.99 Å². The van der Waals surface area contributed by atoms with Gasteiger partial charge in [0.15, 0.2) is 5.96 Å². The van der Waals surface area contributed by atoms with Gasteiger partial charge in [-0.05, 0) is 32.7 Å². The lowest BCUT2D eigenvalue weighted by molar-refractivity contribution is 0.249. The number of aromatic nitrogens is 1. The summed E-state index contributed by atoms with van der Waals surface area (Å²) in [5.41, 5.74) is 1.17. The lowest BCUT2D eigenvalue weighted by Crippen LogP contribution is -2.42. The van der Waals surface area contributed by atoms with Crippen LogP contribution in [0.1, 0.15) is 63.1 Å². The van der Waals surface area contributed by atoms with Gasteiger partial charge in [-0.1, -0.05) is 26.7 Å². The highest BCUT2D eigenvalue weighted by Gasteiger charge is 2.18. The van der Waals surface area contributed by atoms with Crippen molar-refractivity contribution in [3.63, 3.8) is 0 Å². The number of halogens is 1. The topological polar surface area (TPSA) is 52.6 Å². The Morgan fingerprint density at radius 2 is 2.08 bits per heavy atom. The van der Waals surface area contributed by atoms with Crippen LogP contribution in [0.5, 0.6) is 0 Å². The normalized spacial score (nSPS) is 15.7. The van der Waals surface area contributed by atoms with E-state index in [0.717, 1.165) is 36.6 Å². The van der Waals surface area contributed by atoms with Crippen LogP contribution in [0.15, 0.2) is 10.4 Å². The van der Waals surface area contributed by atoms with Crippen LogP contribution in [-0.4, -0.2) is 48.6 Å². The molecule has 0 atom stereocenters. The molecule has 1 saturated carbocycles. The molecular formula is C18H34IN5S. The van der Waals surface area contributed by atoms with E-state index in [-0.39, 0.29) is 24.0 Å². The highest BCUT2D eigenvalue weighted by Crippen LogP contribution is 2.21. The van der Waals surface area contributed by atoms with E-state index in [1.54, 1.807) is 11.3 Å². The lowest BCUT2D eigenvalue weighted by Gasteiger charge is -2.24. The van der Waals surface area contributed by atoms with Crippen LogP contribution in [0.25, 0.3) is 0 Å². The molecule has 144 valence electrons. The maximum Gasteiger partial charge on any atom is 0.191 e. The average Bonchev–Trinajstić information content (AvgIpc) is 3.24. The van der Waals surface area contributed by atoms with Crippen molar-refractivity contribution < 1.29 is 0 Å². The zero-order valence-electron chi connectivity index (χ0n) is 16.0. The van der Waals surface area contributed by atoms with Gasteiger partial charge in [0.2, 0.25) is 0 Å². The Morgan fingerprint density at radius 1 is 1.36 bits per heavy atom. The Morgan fingerprint density at radius 3 is 2.68 bits per heavy atom. The molecule has 1 heterocycles. The predicted octanol–water partition coefficient (Wildman–Crippen LogP) is 3.81. The number of hydrogen-bond donors (Lipinski definition) is 2. The van der Waals surface area contributed by atoms with Crippen LogP contribution in [0.2, 0.25) is 0 Å². The molecule has 25 heavy (non-hydrogen) atoms. The van der Waals surface area contributed by atoms with Gasteiger partial charge < -0.3 is 15.5 Å². The fraction of sp³-hybridized carbons (Fsp3) is 0.778. The van der Waals surface area contributed by atoms with Crippen LogP contribution in [-0.2, 0) is 6.54 Å². The number of guanidine groups is 1. The van der Waals surface area contributed by atoms with Crippen LogP contribution in [0.4, 0.5) is 0 Å². The van der Waals surface area contributed by atoms with E-state index >= 15 is 0 Å². The van der Waals surface area contributed by atoms with E-state index in [9.17, 15) is 0 Å². The van der Waals surface area contributed by atoms with Gasteiger partial charge in [-0.2, -0.15) is 0 Å².